The van der Waals surface area contributed by atoms with Gasteiger partial charge in [0.15, 0.2) is 0 Å². The zero-order chi connectivity index (χ0) is 13.6. The molecule has 0 unspecified atom stereocenters. The lowest BCUT2D eigenvalue weighted by Crippen LogP contribution is -2.06. The summed E-state index contributed by atoms with van der Waals surface area (Å²) in [5, 5.41) is 18.5. The van der Waals surface area contributed by atoms with Gasteiger partial charge >= 0.3 is 11.9 Å². The predicted octanol–water partition coefficient (Wildman–Crippen LogP) is 2.65. The first-order chi connectivity index (χ1) is 9.09. The number of carboxylic acid groups (broad SMARTS) is 2. The Kier molecular flexibility index (Phi) is 2.38. The van der Waals surface area contributed by atoms with Crippen LogP contribution in [0, 0.1) is 0 Å². The van der Waals surface area contributed by atoms with Crippen molar-refractivity contribution in [2.45, 2.75) is 6.42 Å². The van der Waals surface area contributed by atoms with Gasteiger partial charge in [-0.3, -0.25) is 0 Å². The first-order valence-electron chi connectivity index (χ1n) is 5.80. The summed E-state index contributed by atoms with van der Waals surface area (Å²) in [6, 6.07) is 10.2. The van der Waals surface area contributed by atoms with E-state index in [-0.39, 0.29) is 11.1 Å². The minimum Gasteiger partial charge on any atom is -0.478 e. The lowest BCUT2D eigenvalue weighted by molar-refractivity contribution is 0.0681. The monoisotopic (exact) mass is 254 g/mol. The molecule has 0 amide bonds. The molecule has 0 atom stereocenters. The maximum absolute atomic E-state index is 11.3. The first-order valence-corrected chi connectivity index (χ1v) is 5.80. The molecule has 0 aliphatic heterocycles. The second-order valence-electron chi connectivity index (χ2n) is 4.46. The molecule has 2 aromatic carbocycles. The molecule has 94 valence electrons. The normalized spacial score (nSPS) is 11.8. The number of hydrogen-bond acceptors (Lipinski definition) is 2. The van der Waals surface area contributed by atoms with Crippen LogP contribution in [0.25, 0.3) is 11.1 Å². The fraction of sp³-hybridized carbons (Fsp3) is 0.0667. The van der Waals surface area contributed by atoms with Gasteiger partial charge < -0.3 is 10.2 Å². The molecule has 0 spiro atoms. The fourth-order valence-electron chi connectivity index (χ4n) is 2.63. The van der Waals surface area contributed by atoms with Gasteiger partial charge in [0.05, 0.1) is 11.1 Å². The quantitative estimate of drug-likeness (QED) is 0.737. The summed E-state index contributed by atoms with van der Waals surface area (Å²) in [5.74, 6) is -2.06. The summed E-state index contributed by atoms with van der Waals surface area (Å²) in [6.45, 7) is 0. The van der Waals surface area contributed by atoms with E-state index in [2.05, 4.69) is 0 Å². The van der Waals surface area contributed by atoms with Crippen LogP contribution < -0.4 is 0 Å². The molecule has 4 heteroatoms. The Morgan fingerprint density at radius 2 is 1.53 bits per heavy atom. The second kappa shape index (κ2) is 3.95. The molecule has 19 heavy (non-hydrogen) atoms. The molecule has 0 radical (unpaired) electrons. The zero-order valence-electron chi connectivity index (χ0n) is 9.88. The minimum atomic E-state index is -1.04. The van der Waals surface area contributed by atoms with E-state index in [1.165, 1.54) is 12.1 Å². The van der Waals surface area contributed by atoms with Crippen LogP contribution in [0.3, 0.4) is 0 Å². The summed E-state index contributed by atoms with van der Waals surface area (Å²) < 4.78 is 0. The summed E-state index contributed by atoms with van der Waals surface area (Å²) >= 11 is 0. The number of hydrogen-bond donors (Lipinski definition) is 2. The highest BCUT2D eigenvalue weighted by Crippen LogP contribution is 2.40. The summed E-state index contributed by atoms with van der Waals surface area (Å²) in [4.78, 5) is 22.5. The van der Waals surface area contributed by atoms with E-state index >= 15 is 0 Å². The molecule has 0 aromatic heterocycles. The van der Waals surface area contributed by atoms with Crippen molar-refractivity contribution in [2.75, 3.05) is 0 Å². The lowest BCUT2D eigenvalue weighted by atomic mass is 9.96. The van der Waals surface area contributed by atoms with Crippen molar-refractivity contribution in [3.8, 4) is 11.1 Å². The third-order valence-corrected chi connectivity index (χ3v) is 3.43. The van der Waals surface area contributed by atoms with Gasteiger partial charge in [-0.1, -0.05) is 24.3 Å². The van der Waals surface area contributed by atoms with Crippen molar-refractivity contribution in [3.05, 3.63) is 58.7 Å². The van der Waals surface area contributed by atoms with E-state index < -0.39 is 11.9 Å². The maximum Gasteiger partial charge on any atom is 0.336 e. The zero-order valence-corrected chi connectivity index (χ0v) is 9.88. The van der Waals surface area contributed by atoms with Crippen LogP contribution in [0.5, 0.6) is 0 Å². The molecule has 1 aliphatic carbocycles. The van der Waals surface area contributed by atoms with Crippen molar-refractivity contribution < 1.29 is 19.8 Å². The number of fused-ring (bicyclic) bond motifs is 3. The molecule has 2 N–H and O–H groups in total. The van der Waals surface area contributed by atoms with E-state index in [9.17, 15) is 19.8 Å². The highest BCUT2D eigenvalue weighted by Gasteiger charge is 2.28. The molecule has 0 fully saturated rings. The molecule has 3 rings (SSSR count). The molecular weight excluding hydrogens is 244 g/mol. The van der Waals surface area contributed by atoms with Crippen LogP contribution in [0.15, 0.2) is 36.4 Å². The van der Waals surface area contributed by atoms with Crippen molar-refractivity contribution in [2.24, 2.45) is 0 Å². The van der Waals surface area contributed by atoms with Crippen molar-refractivity contribution in [1.82, 2.24) is 0 Å². The van der Waals surface area contributed by atoms with Crippen LogP contribution in [0.1, 0.15) is 31.8 Å². The van der Waals surface area contributed by atoms with Crippen LogP contribution in [0.4, 0.5) is 0 Å². The van der Waals surface area contributed by atoms with Gasteiger partial charge in [-0.15, -0.1) is 0 Å². The Morgan fingerprint density at radius 1 is 0.895 bits per heavy atom. The van der Waals surface area contributed by atoms with Gasteiger partial charge in [0.1, 0.15) is 0 Å². The number of carboxylic acids is 2. The molecule has 0 heterocycles. The van der Waals surface area contributed by atoms with Gasteiger partial charge in [-0.2, -0.15) is 0 Å². The maximum atomic E-state index is 11.3. The summed E-state index contributed by atoms with van der Waals surface area (Å²) in [5.41, 5.74) is 3.25. The van der Waals surface area contributed by atoms with Crippen molar-refractivity contribution in [1.29, 1.82) is 0 Å². The van der Waals surface area contributed by atoms with Crippen LogP contribution >= 0.6 is 0 Å². The Labute approximate surface area is 108 Å². The number of aromatic carboxylic acids is 2. The molecule has 4 nitrogen and oxygen atoms in total. The van der Waals surface area contributed by atoms with Gasteiger partial charge in [0.2, 0.25) is 0 Å². The average Bonchev–Trinajstić information content (AvgIpc) is 2.76. The molecule has 0 saturated heterocycles. The van der Waals surface area contributed by atoms with E-state index in [1.807, 2.05) is 24.3 Å². The topological polar surface area (TPSA) is 74.6 Å². The summed E-state index contributed by atoms with van der Waals surface area (Å²) in [6.07, 6.45) is 0.467. The Bertz CT molecular complexity index is 716. The Balaban J connectivity index is 2.36. The van der Waals surface area contributed by atoms with Gasteiger partial charge in [0, 0.05) is 5.56 Å². The summed E-state index contributed by atoms with van der Waals surface area (Å²) in [7, 11) is 0. The highest BCUT2D eigenvalue weighted by atomic mass is 16.4. The standard InChI is InChI=1S/C15H10O4/c16-14(17)10-5-6-11(15(18)19)13-9-4-2-1-3-8(9)7-12(10)13/h1-6H,7H2,(H,16,17)(H,18,19). The predicted molar refractivity (Wildman–Crippen MR) is 68.6 cm³/mol. The fourth-order valence-corrected chi connectivity index (χ4v) is 2.63. The molecule has 2 aromatic rings. The highest BCUT2D eigenvalue weighted by molar-refractivity contribution is 6.03. The first kappa shape index (κ1) is 11.5. The Morgan fingerprint density at radius 3 is 2.21 bits per heavy atom. The van der Waals surface area contributed by atoms with Crippen molar-refractivity contribution >= 4 is 11.9 Å². The van der Waals surface area contributed by atoms with E-state index in [0.717, 1.165) is 11.1 Å². The Hall–Kier alpha value is -2.62. The molecule has 1 aliphatic rings. The van der Waals surface area contributed by atoms with E-state index in [4.69, 9.17) is 0 Å². The third kappa shape index (κ3) is 1.61. The molecule has 0 bridgehead atoms. The average molecular weight is 254 g/mol. The number of rotatable bonds is 2. The lowest BCUT2D eigenvalue weighted by Gasteiger charge is -2.08. The second-order valence-corrected chi connectivity index (χ2v) is 4.46. The molecule has 0 saturated carbocycles. The third-order valence-electron chi connectivity index (χ3n) is 3.43. The van der Waals surface area contributed by atoms with E-state index in [0.29, 0.717) is 17.5 Å². The van der Waals surface area contributed by atoms with Gasteiger partial charge in [0.25, 0.3) is 0 Å². The van der Waals surface area contributed by atoms with Crippen LogP contribution in [0.2, 0.25) is 0 Å². The number of carbonyl (C=O) groups is 2. The number of benzene rings is 2. The smallest absolute Gasteiger partial charge is 0.336 e. The minimum absolute atomic E-state index is 0.157. The van der Waals surface area contributed by atoms with Gasteiger partial charge in [-0.05, 0) is 35.2 Å². The van der Waals surface area contributed by atoms with E-state index in [1.54, 1.807) is 0 Å². The van der Waals surface area contributed by atoms with Crippen LogP contribution in [-0.4, -0.2) is 22.2 Å². The SMILES string of the molecule is O=C(O)c1ccc(C(=O)O)c2c1Cc1ccccc1-2. The van der Waals surface area contributed by atoms with Crippen LogP contribution in [-0.2, 0) is 6.42 Å². The largest absolute Gasteiger partial charge is 0.478 e. The molecular formula is C15H10O4. The van der Waals surface area contributed by atoms with Crippen molar-refractivity contribution in [3.63, 3.8) is 0 Å². The van der Waals surface area contributed by atoms with Gasteiger partial charge in [-0.25, -0.2) is 9.59 Å².